The summed E-state index contributed by atoms with van der Waals surface area (Å²) in [6, 6.07) is 7.15. The molecule has 94 valence electrons. The van der Waals surface area contributed by atoms with Crippen molar-refractivity contribution in [1.82, 2.24) is 5.32 Å². The molecule has 0 bridgehead atoms. The quantitative estimate of drug-likeness (QED) is 0.620. The zero-order chi connectivity index (χ0) is 12.5. The molecule has 17 heavy (non-hydrogen) atoms. The van der Waals surface area contributed by atoms with E-state index in [1.165, 1.54) is 0 Å². The van der Waals surface area contributed by atoms with Gasteiger partial charge in [-0.15, -0.1) is 0 Å². The average Bonchev–Trinajstić information content (AvgIpc) is 2.35. The van der Waals surface area contributed by atoms with E-state index in [2.05, 4.69) is 21.2 Å². The minimum atomic E-state index is -0.127. The number of ether oxygens (including phenoxy) is 2. The Hall–Kier alpha value is -1.07. The number of methoxy groups -OCH3 is 1. The SMILES string of the molecule is COCCCNC(=O)c1ccccc1OCBr. The number of nitrogens with one attached hydrogen (secondary N) is 1. The second kappa shape index (κ2) is 8.08. The molecule has 1 amide bonds. The molecule has 1 N–H and O–H groups in total. The topological polar surface area (TPSA) is 47.6 Å². The van der Waals surface area contributed by atoms with E-state index >= 15 is 0 Å². The second-order valence-corrected chi connectivity index (χ2v) is 3.81. The van der Waals surface area contributed by atoms with E-state index in [9.17, 15) is 4.79 Å². The summed E-state index contributed by atoms with van der Waals surface area (Å²) in [6.07, 6.45) is 0.795. The summed E-state index contributed by atoms with van der Waals surface area (Å²) in [4.78, 5) is 11.9. The maximum Gasteiger partial charge on any atom is 0.255 e. The Labute approximate surface area is 109 Å². The van der Waals surface area contributed by atoms with Gasteiger partial charge in [0.25, 0.3) is 5.91 Å². The maximum atomic E-state index is 11.9. The molecule has 0 heterocycles. The Morgan fingerprint density at radius 2 is 2.18 bits per heavy atom. The molecule has 0 aromatic heterocycles. The van der Waals surface area contributed by atoms with Gasteiger partial charge in [-0.05, 0) is 34.5 Å². The fourth-order valence-corrected chi connectivity index (χ4v) is 1.60. The molecule has 1 aromatic carbocycles. The molecular formula is C12H16BrNO3. The van der Waals surface area contributed by atoms with Gasteiger partial charge in [0.15, 0.2) is 0 Å². The number of hydrogen-bond donors (Lipinski definition) is 1. The van der Waals surface area contributed by atoms with Crippen LogP contribution in [0.1, 0.15) is 16.8 Å². The van der Waals surface area contributed by atoms with E-state index < -0.39 is 0 Å². The molecule has 0 aliphatic rings. The van der Waals surface area contributed by atoms with Crippen LogP contribution in [-0.4, -0.2) is 31.7 Å². The summed E-state index contributed by atoms with van der Waals surface area (Å²) < 4.78 is 10.2. The standard InChI is InChI=1S/C12H16BrNO3/c1-16-8-4-7-14-12(15)10-5-2-3-6-11(10)17-9-13/h2-3,5-6H,4,7-9H2,1H3,(H,14,15). The van der Waals surface area contributed by atoms with E-state index in [1.54, 1.807) is 19.2 Å². The Bertz CT molecular complexity index is 357. The second-order valence-electron chi connectivity index (χ2n) is 3.35. The van der Waals surface area contributed by atoms with E-state index in [0.717, 1.165) is 6.42 Å². The summed E-state index contributed by atoms with van der Waals surface area (Å²) in [5, 5.41) is 2.82. The Morgan fingerprint density at radius 3 is 2.88 bits per heavy atom. The summed E-state index contributed by atoms with van der Waals surface area (Å²) in [7, 11) is 1.64. The predicted octanol–water partition coefficient (Wildman–Crippen LogP) is 2.18. The molecule has 0 saturated heterocycles. The summed E-state index contributed by atoms with van der Waals surface area (Å²) in [5.41, 5.74) is 0.908. The van der Waals surface area contributed by atoms with Crippen molar-refractivity contribution in [3.8, 4) is 5.75 Å². The Kier molecular flexibility index (Phi) is 6.65. The first kappa shape index (κ1) is 14.0. The zero-order valence-electron chi connectivity index (χ0n) is 9.74. The van der Waals surface area contributed by atoms with Gasteiger partial charge < -0.3 is 14.8 Å². The summed E-state index contributed by atoms with van der Waals surface area (Å²) >= 11 is 3.17. The number of halogens is 1. The molecule has 0 fully saturated rings. The minimum absolute atomic E-state index is 0.127. The monoisotopic (exact) mass is 301 g/mol. The van der Waals surface area contributed by atoms with E-state index in [-0.39, 0.29) is 5.91 Å². The molecule has 0 unspecified atom stereocenters. The molecule has 0 aliphatic carbocycles. The van der Waals surface area contributed by atoms with Gasteiger partial charge in [-0.3, -0.25) is 4.79 Å². The van der Waals surface area contributed by atoms with Crippen LogP contribution in [0.25, 0.3) is 0 Å². The third-order valence-corrected chi connectivity index (χ3v) is 2.38. The Balaban J connectivity index is 2.55. The van der Waals surface area contributed by atoms with Gasteiger partial charge in [0, 0.05) is 20.3 Å². The van der Waals surface area contributed by atoms with E-state index in [4.69, 9.17) is 9.47 Å². The number of para-hydroxylation sites is 1. The molecule has 1 aromatic rings. The fraction of sp³-hybridized carbons (Fsp3) is 0.417. The fourth-order valence-electron chi connectivity index (χ4n) is 1.35. The first-order chi connectivity index (χ1) is 8.29. The van der Waals surface area contributed by atoms with Crippen LogP contribution in [0.4, 0.5) is 0 Å². The van der Waals surface area contributed by atoms with Crippen LogP contribution in [0.3, 0.4) is 0 Å². The van der Waals surface area contributed by atoms with Crippen LogP contribution in [0, 0.1) is 0 Å². The van der Waals surface area contributed by atoms with Crippen LogP contribution < -0.4 is 10.1 Å². The van der Waals surface area contributed by atoms with Gasteiger partial charge in [0.2, 0.25) is 0 Å². The van der Waals surface area contributed by atoms with Gasteiger partial charge in [0.1, 0.15) is 11.3 Å². The highest BCUT2D eigenvalue weighted by Gasteiger charge is 2.10. The number of rotatable bonds is 7. The third-order valence-electron chi connectivity index (χ3n) is 2.15. The van der Waals surface area contributed by atoms with Gasteiger partial charge in [-0.1, -0.05) is 12.1 Å². The highest BCUT2D eigenvalue weighted by atomic mass is 79.9. The van der Waals surface area contributed by atoms with Crippen LogP contribution >= 0.6 is 15.9 Å². The first-order valence-corrected chi connectivity index (χ1v) is 6.46. The number of alkyl halides is 1. The van der Waals surface area contributed by atoms with Crippen molar-refractivity contribution in [3.05, 3.63) is 29.8 Å². The number of benzene rings is 1. The molecule has 1 rings (SSSR count). The Morgan fingerprint density at radius 1 is 1.41 bits per heavy atom. The highest BCUT2D eigenvalue weighted by Crippen LogP contribution is 2.18. The lowest BCUT2D eigenvalue weighted by Crippen LogP contribution is -2.25. The van der Waals surface area contributed by atoms with Crippen molar-refractivity contribution in [2.45, 2.75) is 6.42 Å². The predicted molar refractivity (Wildman–Crippen MR) is 69.7 cm³/mol. The van der Waals surface area contributed by atoms with Crippen molar-refractivity contribution in [2.75, 3.05) is 25.8 Å². The van der Waals surface area contributed by atoms with Crippen molar-refractivity contribution < 1.29 is 14.3 Å². The van der Waals surface area contributed by atoms with E-state index in [1.807, 2.05) is 12.1 Å². The zero-order valence-corrected chi connectivity index (χ0v) is 11.3. The van der Waals surface area contributed by atoms with Gasteiger partial charge >= 0.3 is 0 Å². The minimum Gasteiger partial charge on any atom is -0.482 e. The van der Waals surface area contributed by atoms with Crippen LogP contribution in [0.5, 0.6) is 5.75 Å². The normalized spacial score (nSPS) is 10.0. The molecule has 0 radical (unpaired) electrons. The molecule has 4 nitrogen and oxygen atoms in total. The van der Waals surface area contributed by atoms with Crippen LogP contribution in [-0.2, 0) is 4.74 Å². The molecule has 0 aliphatic heterocycles. The molecule has 0 spiro atoms. The van der Waals surface area contributed by atoms with E-state index in [0.29, 0.717) is 30.0 Å². The van der Waals surface area contributed by atoms with Crippen molar-refractivity contribution in [2.24, 2.45) is 0 Å². The lowest BCUT2D eigenvalue weighted by atomic mass is 10.2. The molecule has 5 heteroatoms. The third kappa shape index (κ3) is 4.75. The number of amides is 1. The van der Waals surface area contributed by atoms with Crippen LogP contribution in [0.2, 0.25) is 0 Å². The summed E-state index contributed by atoms with van der Waals surface area (Å²) in [5.74, 6) is 0.450. The first-order valence-electron chi connectivity index (χ1n) is 5.34. The lowest BCUT2D eigenvalue weighted by molar-refractivity contribution is 0.0945. The van der Waals surface area contributed by atoms with Gasteiger partial charge in [-0.25, -0.2) is 0 Å². The summed E-state index contributed by atoms with van der Waals surface area (Å²) in [6.45, 7) is 1.23. The lowest BCUT2D eigenvalue weighted by Gasteiger charge is -2.09. The van der Waals surface area contributed by atoms with Crippen molar-refractivity contribution in [3.63, 3.8) is 0 Å². The molecule has 0 atom stereocenters. The smallest absolute Gasteiger partial charge is 0.255 e. The van der Waals surface area contributed by atoms with Gasteiger partial charge in [0.05, 0.1) is 5.56 Å². The van der Waals surface area contributed by atoms with Crippen molar-refractivity contribution >= 4 is 21.8 Å². The number of carbonyl (C=O) groups is 1. The molecular weight excluding hydrogens is 286 g/mol. The average molecular weight is 302 g/mol. The molecule has 0 saturated carbocycles. The van der Waals surface area contributed by atoms with Crippen LogP contribution in [0.15, 0.2) is 24.3 Å². The highest BCUT2D eigenvalue weighted by molar-refractivity contribution is 9.09. The van der Waals surface area contributed by atoms with Crippen molar-refractivity contribution in [1.29, 1.82) is 0 Å². The largest absolute Gasteiger partial charge is 0.482 e. The maximum absolute atomic E-state index is 11.9. The van der Waals surface area contributed by atoms with Gasteiger partial charge in [-0.2, -0.15) is 0 Å². The number of carbonyl (C=O) groups excluding carboxylic acids is 1. The number of hydrogen-bond acceptors (Lipinski definition) is 3.